The van der Waals surface area contributed by atoms with Gasteiger partial charge < -0.3 is 10.2 Å². The lowest BCUT2D eigenvalue weighted by Gasteiger charge is -2.34. The molecule has 1 saturated heterocycles. The second kappa shape index (κ2) is 8.17. The number of anilines is 1. The third-order valence-electron chi connectivity index (χ3n) is 5.07. The lowest BCUT2D eigenvalue weighted by Crippen LogP contribution is -2.46. The third kappa shape index (κ3) is 4.35. The molecule has 0 saturated carbocycles. The summed E-state index contributed by atoms with van der Waals surface area (Å²) in [6.45, 7) is 12.9. The Kier molecular flexibility index (Phi) is 5.48. The highest BCUT2D eigenvalue weighted by molar-refractivity contribution is 7.13. The molecule has 3 heterocycles. The van der Waals surface area contributed by atoms with Crippen LogP contribution in [0.5, 0.6) is 0 Å². The first-order valence-electron chi connectivity index (χ1n) is 9.39. The highest BCUT2D eigenvalue weighted by atomic mass is 32.1. The number of hydrogen-bond acceptors (Lipinski definition) is 6. The largest absolute Gasteiger partial charge is 0.343 e. The van der Waals surface area contributed by atoms with E-state index in [2.05, 4.69) is 62.9 Å². The van der Waals surface area contributed by atoms with Gasteiger partial charge in [0.05, 0.1) is 10.4 Å². The van der Waals surface area contributed by atoms with Crippen LogP contribution >= 0.6 is 11.3 Å². The highest BCUT2D eigenvalue weighted by Gasteiger charge is 2.16. The molecule has 0 aliphatic carbocycles. The second-order valence-electron chi connectivity index (χ2n) is 6.94. The Labute approximate surface area is 164 Å². The van der Waals surface area contributed by atoms with Crippen LogP contribution in [-0.2, 0) is 0 Å². The molecule has 0 amide bonds. The van der Waals surface area contributed by atoms with Crippen LogP contribution in [-0.4, -0.2) is 59.0 Å². The van der Waals surface area contributed by atoms with Crippen molar-refractivity contribution < 1.29 is 0 Å². The summed E-state index contributed by atoms with van der Waals surface area (Å²) >= 11 is 1.66. The Morgan fingerprint density at radius 2 is 1.93 bits per heavy atom. The van der Waals surface area contributed by atoms with Crippen LogP contribution in [0.2, 0.25) is 0 Å². The van der Waals surface area contributed by atoms with Gasteiger partial charge >= 0.3 is 0 Å². The molecule has 3 aromatic rings. The number of piperazine rings is 1. The van der Waals surface area contributed by atoms with Crippen LogP contribution in [0.4, 0.5) is 5.82 Å². The number of nitrogens with one attached hydrogen (secondary N) is 1. The fourth-order valence-electron chi connectivity index (χ4n) is 3.48. The summed E-state index contributed by atoms with van der Waals surface area (Å²) in [5.74, 6) is 0.848. The van der Waals surface area contributed by atoms with Crippen LogP contribution in [0.1, 0.15) is 6.92 Å². The number of nitrogens with zero attached hydrogens (tertiary/aromatic N) is 4. The summed E-state index contributed by atoms with van der Waals surface area (Å²) in [6, 6.07) is 8.53. The van der Waals surface area contributed by atoms with Crippen molar-refractivity contribution in [2.24, 2.45) is 0 Å². The van der Waals surface area contributed by atoms with E-state index in [0.717, 1.165) is 56.2 Å². The van der Waals surface area contributed by atoms with E-state index < -0.39 is 0 Å². The van der Waals surface area contributed by atoms with E-state index in [1.807, 2.05) is 17.9 Å². The van der Waals surface area contributed by atoms with E-state index in [1.165, 1.54) is 15.8 Å². The molecule has 1 aliphatic heterocycles. The van der Waals surface area contributed by atoms with Gasteiger partial charge in [-0.3, -0.25) is 9.88 Å². The molecular formula is C21H25N5S. The summed E-state index contributed by atoms with van der Waals surface area (Å²) in [6.07, 6.45) is 3.83. The Bertz CT molecular complexity index is 913. The minimum Gasteiger partial charge on any atom is -0.343 e. The van der Waals surface area contributed by atoms with Gasteiger partial charge in [-0.25, -0.2) is 4.98 Å². The van der Waals surface area contributed by atoms with Crippen molar-refractivity contribution in [3.8, 4) is 10.4 Å². The number of likely N-dealkylation sites (N-methyl/N-ethyl adjacent to an activating group) is 1. The topological polar surface area (TPSA) is 44.3 Å². The Balaban J connectivity index is 1.43. The van der Waals surface area contributed by atoms with E-state index in [9.17, 15) is 0 Å². The van der Waals surface area contributed by atoms with Gasteiger partial charge in [-0.1, -0.05) is 25.6 Å². The predicted octanol–water partition coefficient (Wildman–Crippen LogP) is 3.92. The second-order valence-corrected chi connectivity index (χ2v) is 7.82. The Morgan fingerprint density at radius 3 is 2.67 bits per heavy atom. The van der Waals surface area contributed by atoms with Gasteiger partial charge in [0.2, 0.25) is 0 Å². The van der Waals surface area contributed by atoms with Crippen molar-refractivity contribution in [2.75, 3.05) is 44.6 Å². The molecule has 1 aromatic carbocycles. The molecular weight excluding hydrogens is 354 g/mol. The number of rotatable bonds is 6. The van der Waals surface area contributed by atoms with Crippen molar-refractivity contribution in [3.05, 3.63) is 54.4 Å². The van der Waals surface area contributed by atoms with Crippen LogP contribution < -0.4 is 5.32 Å². The number of aromatic nitrogens is 2. The summed E-state index contributed by atoms with van der Waals surface area (Å²) in [7, 11) is 0. The Hall–Kier alpha value is -2.28. The fourth-order valence-corrected chi connectivity index (χ4v) is 4.10. The minimum absolute atomic E-state index is 0.848. The molecule has 4 rings (SSSR count). The molecule has 2 aromatic heterocycles. The van der Waals surface area contributed by atoms with Gasteiger partial charge in [0, 0.05) is 56.2 Å². The normalized spacial score (nSPS) is 15.9. The van der Waals surface area contributed by atoms with Gasteiger partial charge in [-0.05, 0) is 29.6 Å². The number of fused-ring (bicyclic) bond motifs is 1. The average molecular weight is 380 g/mol. The zero-order valence-electron chi connectivity index (χ0n) is 15.7. The molecule has 5 nitrogen and oxygen atoms in total. The van der Waals surface area contributed by atoms with Crippen molar-refractivity contribution in [2.45, 2.75) is 6.92 Å². The first-order valence-corrected chi connectivity index (χ1v) is 10.3. The summed E-state index contributed by atoms with van der Waals surface area (Å²) < 4.78 is 0. The maximum atomic E-state index is 4.55. The van der Waals surface area contributed by atoms with Gasteiger partial charge in [0.25, 0.3) is 0 Å². The first-order chi connectivity index (χ1) is 13.2. The Morgan fingerprint density at radius 1 is 1.11 bits per heavy atom. The molecule has 1 fully saturated rings. The van der Waals surface area contributed by atoms with Crippen LogP contribution in [0.15, 0.2) is 54.4 Å². The van der Waals surface area contributed by atoms with Gasteiger partial charge in [-0.15, -0.1) is 11.3 Å². The zero-order chi connectivity index (χ0) is 18.6. The van der Waals surface area contributed by atoms with Gasteiger partial charge in [-0.2, -0.15) is 0 Å². The lowest BCUT2D eigenvalue weighted by molar-refractivity contribution is 0.146. The molecule has 0 spiro atoms. The number of benzene rings is 1. The number of thiazole rings is 1. The average Bonchev–Trinajstić information content (AvgIpc) is 3.23. The fraction of sp³-hybridized carbons (Fsp3) is 0.333. The summed E-state index contributed by atoms with van der Waals surface area (Å²) in [5.41, 5.74) is 4.05. The van der Waals surface area contributed by atoms with Crippen LogP contribution in [0, 0.1) is 0 Å². The summed E-state index contributed by atoms with van der Waals surface area (Å²) in [5, 5.41) is 5.69. The molecule has 27 heavy (non-hydrogen) atoms. The molecule has 1 aliphatic rings. The SMILES string of the molecule is C=C(CN1CCN(CC)CC1)Nc1cc2cc(-c3cncs3)ccc2cn1. The van der Waals surface area contributed by atoms with Crippen molar-refractivity contribution in [3.63, 3.8) is 0 Å². The van der Waals surface area contributed by atoms with E-state index in [0.29, 0.717) is 0 Å². The molecule has 0 bridgehead atoms. The van der Waals surface area contributed by atoms with E-state index in [-0.39, 0.29) is 0 Å². The number of hydrogen-bond donors (Lipinski definition) is 1. The predicted molar refractivity (Wildman–Crippen MR) is 114 cm³/mol. The molecule has 0 radical (unpaired) electrons. The molecule has 6 heteroatoms. The maximum Gasteiger partial charge on any atom is 0.130 e. The van der Waals surface area contributed by atoms with Crippen molar-refractivity contribution in [1.29, 1.82) is 0 Å². The number of pyridine rings is 1. The lowest BCUT2D eigenvalue weighted by atomic mass is 10.1. The minimum atomic E-state index is 0.848. The van der Waals surface area contributed by atoms with Gasteiger partial charge in [0.15, 0.2) is 0 Å². The standard InChI is InChI=1S/C21H25N5S/c1-3-25-6-8-26(9-7-25)14-16(2)24-21-11-19-10-17(20-13-22-15-27-20)4-5-18(19)12-23-21/h4-5,10-13,15H,2-3,6-9,14H2,1H3,(H,23,24). The monoisotopic (exact) mass is 379 g/mol. The van der Waals surface area contributed by atoms with E-state index in [4.69, 9.17) is 0 Å². The first kappa shape index (κ1) is 18.1. The molecule has 140 valence electrons. The van der Waals surface area contributed by atoms with Crippen LogP contribution in [0.3, 0.4) is 0 Å². The quantitative estimate of drug-likeness (QED) is 0.703. The smallest absolute Gasteiger partial charge is 0.130 e. The van der Waals surface area contributed by atoms with Gasteiger partial charge in [0.1, 0.15) is 5.82 Å². The van der Waals surface area contributed by atoms with Crippen molar-refractivity contribution >= 4 is 27.9 Å². The van der Waals surface area contributed by atoms with Crippen LogP contribution in [0.25, 0.3) is 21.2 Å². The molecule has 0 atom stereocenters. The highest BCUT2D eigenvalue weighted by Crippen LogP contribution is 2.27. The molecule has 1 N–H and O–H groups in total. The van der Waals surface area contributed by atoms with Crippen molar-refractivity contribution in [1.82, 2.24) is 19.8 Å². The molecule has 0 unspecified atom stereocenters. The third-order valence-corrected chi connectivity index (χ3v) is 5.89. The van der Waals surface area contributed by atoms with E-state index >= 15 is 0 Å². The maximum absolute atomic E-state index is 4.55. The zero-order valence-corrected chi connectivity index (χ0v) is 16.5. The van der Waals surface area contributed by atoms with E-state index in [1.54, 1.807) is 11.3 Å². The summed E-state index contributed by atoms with van der Waals surface area (Å²) in [4.78, 5) is 14.8.